The van der Waals surface area contributed by atoms with Gasteiger partial charge in [0.2, 0.25) is 0 Å². The molecule has 2 aromatic heterocycles. The number of nitrogens with zero attached hydrogens (tertiary/aromatic N) is 2. The molecule has 0 bridgehead atoms. The molecule has 1 saturated heterocycles. The van der Waals surface area contributed by atoms with Crippen molar-refractivity contribution in [2.45, 2.75) is 30.8 Å². The van der Waals surface area contributed by atoms with Gasteiger partial charge in [-0.25, -0.2) is 9.78 Å². The Hall–Kier alpha value is -1.51. The molecule has 0 saturated carbocycles. The molecule has 2 aromatic rings. The van der Waals surface area contributed by atoms with E-state index in [1.807, 2.05) is 11.8 Å². The van der Waals surface area contributed by atoms with E-state index in [-0.39, 0.29) is 4.75 Å². The Labute approximate surface area is 161 Å². The standard InChI is InChI=1S/C18H23N3O3S2/c1-18(2)8-10-11(9-25-18)15(21-4-6-24-7-5-21)20-16-12(10)13(19)14(26-16)17(22)23-3/h4-9,19H2,1-3H3. The summed E-state index contributed by atoms with van der Waals surface area (Å²) in [4.78, 5) is 20.7. The highest BCUT2D eigenvalue weighted by atomic mass is 32.2. The fourth-order valence-corrected chi connectivity index (χ4v) is 5.75. The van der Waals surface area contributed by atoms with Crippen LogP contribution in [0.4, 0.5) is 11.5 Å². The van der Waals surface area contributed by atoms with Crippen molar-refractivity contribution in [1.29, 1.82) is 0 Å². The van der Waals surface area contributed by atoms with Gasteiger partial charge in [0, 0.05) is 34.5 Å². The molecule has 4 rings (SSSR count). The van der Waals surface area contributed by atoms with Gasteiger partial charge < -0.3 is 20.1 Å². The maximum absolute atomic E-state index is 12.1. The predicted molar refractivity (Wildman–Crippen MR) is 107 cm³/mol. The number of esters is 1. The minimum absolute atomic E-state index is 0.128. The van der Waals surface area contributed by atoms with Crippen LogP contribution in [0.3, 0.4) is 0 Å². The van der Waals surface area contributed by atoms with Crippen LogP contribution >= 0.6 is 23.1 Å². The normalized spacial score (nSPS) is 19.4. The fourth-order valence-electron chi connectivity index (χ4n) is 3.62. The third-order valence-electron chi connectivity index (χ3n) is 4.96. The van der Waals surface area contributed by atoms with Crippen molar-refractivity contribution < 1.29 is 14.3 Å². The molecule has 26 heavy (non-hydrogen) atoms. The van der Waals surface area contributed by atoms with Crippen LogP contribution < -0.4 is 10.6 Å². The Morgan fingerprint density at radius 1 is 1.31 bits per heavy atom. The molecule has 0 aromatic carbocycles. The van der Waals surface area contributed by atoms with Crippen molar-refractivity contribution in [3.8, 4) is 0 Å². The molecule has 0 radical (unpaired) electrons. The molecule has 0 amide bonds. The van der Waals surface area contributed by atoms with Crippen molar-refractivity contribution in [2.24, 2.45) is 0 Å². The number of rotatable bonds is 2. The van der Waals surface area contributed by atoms with E-state index in [0.717, 1.165) is 41.3 Å². The van der Waals surface area contributed by atoms with Gasteiger partial charge in [-0.15, -0.1) is 11.3 Å². The van der Waals surface area contributed by atoms with Crippen molar-refractivity contribution in [3.05, 3.63) is 16.0 Å². The van der Waals surface area contributed by atoms with Crippen molar-refractivity contribution >= 4 is 50.8 Å². The Morgan fingerprint density at radius 2 is 2.04 bits per heavy atom. The number of morpholine rings is 1. The molecule has 0 atom stereocenters. The minimum Gasteiger partial charge on any atom is -0.465 e. The smallest absolute Gasteiger partial charge is 0.350 e. The van der Waals surface area contributed by atoms with Crippen LogP contribution in [0, 0.1) is 0 Å². The quantitative estimate of drug-likeness (QED) is 0.786. The molecule has 6 nitrogen and oxygen atoms in total. The molecule has 0 spiro atoms. The van der Waals surface area contributed by atoms with Crippen molar-refractivity contribution in [1.82, 2.24) is 4.98 Å². The number of thiophene rings is 1. The summed E-state index contributed by atoms with van der Waals surface area (Å²) in [5, 5.41) is 0.941. The number of fused-ring (bicyclic) bond motifs is 3. The number of hydrogen-bond acceptors (Lipinski definition) is 8. The van der Waals surface area contributed by atoms with Crippen LogP contribution in [0.5, 0.6) is 0 Å². The number of ether oxygens (including phenoxy) is 2. The van der Waals surface area contributed by atoms with Gasteiger partial charge in [0.25, 0.3) is 0 Å². The van der Waals surface area contributed by atoms with Crippen LogP contribution in [0.2, 0.25) is 0 Å². The molecule has 0 unspecified atom stereocenters. The highest BCUT2D eigenvalue weighted by Gasteiger charge is 2.33. The number of thioether (sulfide) groups is 1. The molecule has 8 heteroatoms. The number of anilines is 2. The van der Waals surface area contributed by atoms with E-state index < -0.39 is 5.97 Å². The van der Waals surface area contributed by atoms with Crippen LogP contribution in [-0.4, -0.2) is 49.1 Å². The number of methoxy groups -OCH3 is 1. The molecule has 4 heterocycles. The lowest BCUT2D eigenvalue weighted by molar-refractivity contribution is 0.0607. The highest BCUT2D eigenvalue weighted by Crippen LogP contribution is 2.47. The van der Waals surface area contributed by atoms with Crippen LogP contribution in [-0.2, 0) is 21.6 Å². The molecular formula is C18H23N3O3S2. The summed E-state index contributed by atoms with van der Waals surface area (Å²) in [5.74, 6) is 1.54. The number of pyridine rings is 1. The zero-order valence-electron chi connectivity index (χ0n) is 15.3. The number of carbonyl (C=O) groups is 1. The van der Waals surface area contributed by atoms with Crippen LogP contribution in [0.25, 0.3) is 10.2 Å². The minimum atomic E-state index is -0.392. The van der Waals surface area contributed by atoms with Crippen LogP contribution in [0.15, 0.2) is 0 Å². The van der Waals surface area contributed by atoms with E-state index in [2.05, 4.69) is 18.7 Å². The third kappa shape index (κ3) is 2.93. The summed E-state index contributed by atoms with van der Waals surface area (Å²) in [6, 6.07) is 0. The monoisotopic (exact) mass is 393 g/mol. The molecule has 1 fully saturated rings. The first-order valence-corrected chi connectivity index (χ1v) is 10.5. The van der Waals surface area contributed by atoms with E-state index in [1.54, 1.807) is 0 Å². The van der Waals surface area contributed by atoms with Gasteiger partial charge in [-0.2, -0.15) is 11.8 Å². The average molecular weight is 394 g/mol. The molecule has 0 aliphatic carbocycles. The number of hydrogen-bond donors (Lipinski definition) is 1. The Morgan fingerprint density at radius 3 is 2.73 bits per heavy atom. The summed E-state index contributed by atoms with van der Waals surface area (Å²) < 4.78 is 10.5. The number of nitrogens with two attached hydrogens (primary N) is 1. The highest BCUT2D eigenvalue weighted by molar-refractivity contribution is 7.99. The summed E-state index contributed by atoms with van der Waals surface area (Å²) in [7, 11) is 1.38. The molecular weight excluding hydrogens is 370 g/mol. The zero-order chi connectivity index (χ0) is 18.5. The van der Waals surface area contributed by atoms with Crippen molar-refractivity contribution in [3.63, 3.8) is 0 Å². The molecule has 140 valence electrons. The zero-order valence-corrected chi connectivity index (χ0v) is 16.9. The van der Waals surface area contributed by atoms with Crippen molar-refractivity contribution in [2.75, 3.05) is 44.0 Å². The molecule has 2 N–H and O–H groups in total. The lowest BCUT2D eigenvalue weighted by Gasteiger charge is -2.35. The second-order valence-corrected chi connectivity index (χ2v) is 9.92. The number of nitrogen functional groups attached to an aromatic ring is 1. The second kappa shape index (κ2) is 6.58. The van der Waals surface area contributed by atoms with Gasteiger partial charge in [-0.05, 0) is 12.0 Å². The second-order valence-electron chi connectivity index (χ2n) is 7.23. The Kier molecular flexibility index (Phi) is 4.53. The first-order chi connectivity index (χ1) is 12.4. The van der Waals surface area contributed by atoms with E-state index in [0.29, 0.717) is 23.8 Å². The SMILES string of the molecule is COC(=O)c1sc2nc(N3CCOCC3)c3c(c2c1N)CC(C)(C)SC3. The van der Waals surface area contributed by atoms with E-state index in [9.17, 15) is 4.79 Å². The fraction of sp³-hybridized carbons (Fsp3) is 0.556. The summed E-state index contributed by atoms with van der Waals surface area (Å²) >= 11 is 3.28. The first-order valence-electron chi connectivity index (χ1n) is 8.70. The van der Waals surface area contributed by atoms with Gasteiger partial charge in [-0.3, -0.25) is 0 Å². The largest absolute Gasteiger partial charge is 0.465 e. The topological polar surface area (TPSA) is 77.7 Å². The summed E-state index contributed by atoms with van der Waals surface area (Å²) in [5.41, 5.74) is 9.39. The van der Waals surface area contributed by atoms with E-state index in [4.69, 9.17) is 20.2 Å². The molecule has 2 aliphatic heterocycles. The Balaban J connectivity index is 1.95. The Bertz CT molecular complexity index is 872. The van der Waals surface area contributed by atoms with E-state index >= 15 is 0 Å². The molecule has 2 aliphatic rings. The number of aromatic nitrogens is 1. The van der Waals surface area contributed by atoms with Gasteiger partial charge in [0.05, 0.1) is 26.0 Å². The summed E-state index contributed by atoms with van der Waals surface area (Å²) in [6.07, 6.45) is 0.908. The average Bonchev–Trinajstić information content (AvgIpc) is 2.97. The van der Waals surface area contributed by atoms with Gasteiger partial charge in [-0.1, -0.05) is 13.8 Å². The lowest BCUT2D eigenvalue weighted by Crippen LogP contribution is -2.38. The van der Waals surface area contributed by atoms with Gasteiger partial charge in [0.1, 0.15) is 15.5 Å². The van der Waals surface area contributed by atoms with E-state index in [1.165, 1.54) is 29.6 Å². The van der Waals surface area contributed by atoms with Gasteiger partial charge in [0.15, 0.2) is 0 Å². The summed E-state index contributed by atoms with van der Waals surface area (Å²) in [6.45, 7) is 7.61. The first kappa shape index (κ1) is 17.9. The maximum Gasteiger partial charge on any atom is 0.350 e. The third-order valence-corrected chi connectivity index (χ3v) is 7.40. The lowest BCUT2D eigenvalue weighted by atomic mass is 9.94. The van der Waals surface area contributed by atoms with Gasteiger partial charge >= 0.3 is 5.97 Å². The number of carbonyl (C=O) groups excluding carboxylic acids is 1. The maximum atomic E-state index is 12.1. The predicted octanol–water partition coefficient (Wildman–Crippen LogP) is 3.07. The van der Waals surface area contributed by atoms with Crippen LogP contribution in [0.1, 0.15) is 34.6 Å².